The molecule has 2 amide bonds. The van der Waals surface area contributed by atoms with Gasteiger partial charge in [-0.1, -0.05) is 35.3 Å². The summed E-state index contributed by atoms with van der Waals surface area (Å²) in [7, 11) is 1.82. The SMILES string of the molecule is CC(c1ccc(Cl)cc1)N(C)C(=O)C1CCCN(C(=O)c2ccc(Cl)cc2)C1. The monoisotopic (exact) mass is 418 g/mol. The molecule has 0 bridgehead atoms. The predicted molar refractivity (Wildman–Crippen MR) is 113 cm³/mol. The highest BCUT2D eigenvalue weighted by molar-refractivity contribution is 6.30. The van der Waals surface area contributed by atoms with Crippen molar-refractivity contribution in [3.8, 4) is 0 Å². The molecule has 2 aromatic rings. The minimum Gasteiger partial charge on any atom is -0.339 e. The molecular formula is C22H24Cl2N2O2. The second-order valence-electron chi connectivity index (χ2n) is 7.27. The Hall–Kier alpha value is -2.04. The topological polar surface area (TPSA) is 40.6 Å². The van der Waals surface area contributed by atoms with Crippen molar-refractivity contribution < 1.29 is 9.59 Å². The van der Waals surface area contributed by atoms with Crippen LogP contribution in [-0.2, 0) is 4.79 Å². The summed E-state index contributed by atoms with van der Waals surface area (Å²) in [5.74, 6) is -0.177. The lowest BCUT2D eigenvalue weighted by Gasteiger charge is -2.36. The molecule has 6 heteroatoms. The van der Waals surface area contributed by atoms with E-state index in [1.54, 1.807) is 34.1 Å². The van der Waals surface area contributed by atoms with Gasteiger partial charge >= 0.3 is 0 Å². The molecule has 2 aromatic carbocycles. The van der Waals surface area contributed by atoms with E-state index < -0.39 is 0 Å². The molecule has 1 aliphatic rings. The summed E-state index contributed by atoms with van der Waals surface area (Å²) in [6.07, 6.45) is 1.61. The number of nitrogens with zero attached hydrogens (tertiary/aromatic N) is 2. The Morgan fingerprint density at radius 3 is 2.21 bits per heavy atom. The largest absolute Gasteiger partial charge is 0.339 e. The van der Waals surface area contributed by atoms with Gasteiger partial charge in [-0.05, 0) is 61.7 Å². The highest BCUT2D eigenvalue weighted by Gasteiger charge is 2.32. The van der Waals surface area contributed by atoms with Crippen LogP contribution in [0.5, 0.6) is 0 Å². The molecule has 0 N–H and O–H groups in total. The van der Waals surface area contributed by atoms with Crippen molar-refractivity contribution in [1.29, 1.82) is 0 Å². The van der Waals surface area contributed by atoms with Gasteiger partial charge in [-0.2, -0.15) is 0 Å². The van der Waals surface area contributed by atoms with Gasteiger partial charge in [0.1, 0.15) is 0 Å². The molecule has 28 heavy (non-hydrogen) atoms. The first-order chi connectivity index (χ1) is 13.4. The van der Waals surface area contributed by atoms with Crippen molar-refractivity contribution in [2.75, 3.05) is 20.1 Å². The van der Waals surface area contributed by atoms with Crippen LogP contribution in [-0.4, -0.2) is 41.8 Å². The van der Waals surface area contributed by atoms with Gasteiger partial charge in [-0.15, -0.1) is 0 Å². The third-order valence-corrected chi connectivity index (χ3v) is 5.93. The third kappa shape index (κ3) is 4.68. The fourth-order valence-corrected chi connectivity index (χ4v) is 3.83. The zero-order valence-electron chi connectivity index (χ0n) is 16.1. The van der Waals surface area contributed by atoms with E-state index in [2.05, 4.69) is 0 Å². The zero-order valence-corrected chi connectivity index (χ0v) is 17.6. The summed E-state index contributed by atoms with van der Waals surface area (Å²) >= 11 is 11.9. The summed E-state index contributed by atoms with van der Waals surface area (Å²) < 4.78 is 0. The lowest BCUT2D eigenvalue weighted by Crippen LogP contribution is -2.46. The number of carbonyl (C=O) groups excluding carboxylic acids is 2. The van der Waals surface area contributed by atoms with E-state index in [0.717, 1.165) is 18.4 Å². The average molecular weight is 419 g/mol. The molecule has 2 atom stereocenters. The number of carbonyl (C=O) groups is 2. The first kappa shape index (κ1) is 20.7. The Morgan fingerprint density at radius 1 is 1.04 bits per heavy atom. The van der Waals surface area contributed by atoms with E-state index in [1.165, 1.54) is 0 Å². The molecule has 0 aromatic heterocycles. The third-order valence-electron chi connectivity index (χ3n) is 5.43. The van der Waals surface area contributed by atoms with Gasteiger partial charge in [0, 0.05) is 35.7 Å². The second kappa shape index (κ2) is 8.97. The molecule has 0 radical (unpaired) electrons. The fourth-order valence-electron chi connectivity index (χ4n) is 3.58. The lowest BCUT2D eigenvalue weighted by atomic mass is 9.95. The van der Waals surface area contributed by atoms with Crippen molar-refractivity contribution in [3.63, 3.8) is 0 Å². The number of hydrogen-bond acceptors (Lipinski definition) is 2. The molecule has 1 fully saturated rings. The molecule has 3 rings (SSSR count). The molecule has 148 valence electrons. The van der Waals surface area contributed by atoms with Gasteiger partial charge < -0.3 is 9.80 Å². The van der Waals surface area contributed by atoms with Crippen LogP contribution >= 0.6 is 23.2 Å². The zero-order chi connectivity index (χ0) is 20.3. The number of likely N-dealkylation sites (tertiary alicyclic amines) is 1. The standard InChI is InChI=1S/C22H24Cl2N2O2/c1-15(16-5-9-19(23)10-6-16)25(2)21(27)18-4-3-13-26(14-18)22(28)17-7-11-20(24)12-8-17/h5-12,15,18H,3-4,13-14H2,1-2H3. The molecule has 4 nitrogen and oxygen atoms in total. The van der Waals surface area contributed by atoms with Crippen molar-refractivity contribution in [3.05, 3.63) is 69.7 Å². The van der Waals surface area contributed by atoms with Gasteiger partial charge in [0.25, 0.3) is 5.91 Å². The minimum absolute atomic E-state index is 0.0532. The molecule has 1 saturated heterocycles. The van der Waals surface area contributed by atoms with Crippen molar-refractivity contribution in [1.82, 2.24) is 9.80 Å². The van der Waals surface area contributed by atoms with Crippen LogP contribution < -0.4 is 0 Å². The maximum atomic E-state index is 13.1. The molecular weight excluding hydrogens is 395 g/mol. The summed E-state index contributed by atoms with van der Waals surface area (Å²) in [6.45, 7) is 3.11. The minimum atomic E-state index is -0.190. The molecule has 1 heterocycles. The number of amides is 2. The maximum Gasteiger partial charge on any atom is 0.253 e. The second-order valence-corrected chi connectivity index (χ2v) is 8.15. The van der Waals surface area contributed by atoms with E-state index in [-0.39, 0.29) is 23.8 Å². The molecule has 0 spiro atoms. The van der Waals surface area contributed by atoms with Gasteiger partial charge in [-0.25, -0.2) is 0 Å². The summed E-state index contributed by atoms with van der Waals surface area (Å²) in [5.41, 5.74) is 1.63. The summed E-state index contributed by atoms with van der Waals surface area (Å²) in [5, 5.41) is 1.27. The fraction of sp³-hybridized carbons (Fsp3) is 0.364. The van der Waals surface area contributed by atoms with Gasteiger partial charge in [0.2, 0.25) is 5.91 Å². The predicted octanol–water partition coefficient (Wildman–Crippen LogP) is 5.07. The lowest BCUT2D eigenvalue weighted by molar-refractivity contribution is -0.137. The number of piperidine rings is 1. The molecule has 1 aliphatic heterocycles. The average Bonchev–Trinajstić information content (AvgIpc) is 2.73. The first-order valence-electron chi connectivity index (χ1n) is 9.44. The van der Waals surface area contributed by atoms with Crippen molar-refractivity contribution >= 4 is 35.0 Å². The first-order valence-corrected chi connectivity index (χ1v) is 10.2. The van der Waals surface area contributed by atoms with Crippen LogP contribution in [0.3, 0.4) is 0 Å². The Bertz CT molecular complexity index is 837. The Labute approximate surface area is 176 Å². The van der Waals surface area contributed by atoms with E-state index >= 15 is 0 Å². The van der Waals surface area contributed by atoms with Crippen LogP contribution in [0.4, 0.5) is 0 Å². The molecule has 0 aliphatic carbocycles. The summed E-state index contributed by atoms with van der Waals surface area (Å²) in [4.78, 5) is 29.4. The van der Waals surface area contributed by atoms with Crippen LogP contribution in [0.1, 0.15) is 41.7 Å². The van der Waals surface area contributed by atoms with E-state index in [1.807, 2.05) is 38.2 Å². The summed E-state index contributed by atoms with van der Waals surface area (Å²) in [6, 6.07) is 14.4. The van der Waals surface area contributed by atoms with Crippen molar-refractivity contribution in [2.24, 2.45) is 5.92 Å². The van der Waals surface area contributed by atoms with Gasteiger partial charge in [0.05, 0.1) is 12.0 Å². The quantitative estimate of drug-likeness (QED) is 0.695. The Kier molecular flexibility index (Phi) is 6.63. The van der Waals surface area contributed by atoms with Crippen LogP contribution in [0.2, 0.25) is 10.0 Å². The van der Waals surface area contributed by atoms with Crippen molar-refractivity contribution in [2.45, 2.75) is 25.8 Å². The highest BCUT2D eigenvalue weighted by atomic mass is 35.5. The van der Waals surface area contributed by atoms with Gasteiger partial charge in [-0.3, -0.25) is 9.59 Å². The Balaban J connectivity index is 1.67. The molecule has 2 unspecified atom stereocenters. The van der Waals surface area contributed by atoms with Crippen LogP contribution in [0.15, 0.2) is 48.5 Å². The number of benzene rings is 2. The smallest absolute Gasteiger partial charge is 0.253 e. The van der Waals surface area contributed by atoms with E-state index in [4.69, 9.17) is 23.2 Å². The van der Waals surface area contributed by atoms with E-state index in [9.17, 15) is 9.59 Å². The number of hydrogen-bond donors (Lipinski definition) is 0. The van der Waals surface area contributed by atoms with Gasteiger partial charge in [0.15, 0.2) is 0 Å². The Morgan fingerprint density at radius 2 is 1.61 bits per heavy atom. The van der Waals surface area contributed by atoms with E-state index in [0.29, 0.717) is 28.7 Å². The van der Waals surface area contributed by atoms with Crippen LogP contribution in [0.25, 0.3) is 0 Å². The number of rotatable bonds is 4. The highest BCUT2D eigenvalue weighted by Crippen LogP contribution is 2.26. The normalized spacial score (nSPS) is 17.9. The van der Waals surface area contributed by atoms with Crippen LogP contribution in [0, 0.1) is 5.92 Å². The number of halogens is 2. The molecule has 0 saturated carbocycles. The maximum absolute atomic E-state index is 13.1.